The number of carboxylic acid groups (broad SMARTS) is 1. The first-order valence-corrected chi connectivity index (χ1v) is 5.37. The van der Waals surface area contributed by atoms with Crippen molar-refractivity contribution in [1.29, 1.82) is 0 Å². The van der Waals surface area contributed by atoms with Gasteiger partial charge in [0, 0.05) is 6.04 Å². The van der Waals surface area contributed by atoms with Gasteiger partial charge in [-0.2, -0.15) is 0 Å². The van der Waals surface area contributed by atoms with Crippen LogP contribution in [-0.4, -0.2) is 23.7 Å². The maximum Gasteiger partial charge on any atom is 0.308 e. The zero-order valence-electron chi connectivity index (χ0n) is 8.82. The Morgan fingerprint density at radius 1 is 1.44 bits per heavy atom. The zero-order chi connectivity index (χ0) is 11.5. The molecule has 2 unspecified atom stereocenters. The lowest BCUT2D eigenvalue weighted by Gasteiger charge is -2.15. The van der Waals surface area contributed by atoms with E-state index in [1.54, 1.807) is 12.1 Å². The number of hydrogen-bond acceptors (Lipinski definition) is 2. The second kappa shape index (κ2) is 4.61. The quantitative estimate of drug-likeness (QED) is 0.815. The van der Waals surface area contributed by atoms with Gasteiger partial charge in [0.2, 0.25) is 0 Å². The average molecular weight is 223 g/mol. The summed E-state index contributed by atoms with van der Waals surface area (Å²) in [5.74, 6) is -1.35. The lowest BCUT2D eigenvalue weighted by molar-refractivity contribution is -0.141. The summed E-state index contributed by atoms with van der Waals surface area (Å²) >= 11 is 0. The molecule has 2 rings (SSSR count). The maximum atomic E-state index is 12.7. The molecule has 1 aromatic carbocycles. The highest BCUT2D eigenvalue weighted by Crippen LogP contribution is 2.19. The normalized spacial score (nSPS) is 24.6. The van der Waals surface area contributed by atoms with Crippen LogP contribution >= 0.6 is 0 Å². The van der Waals surface area contributed by atoms with Crippen LogP contribution in [0.5, 0.6) is 0 Å². The molecule has 1 aromatic rings. The summed E-state index contributed by atoms with van der Waals surface area (Å²) in [5.41, 5.74) is 0.965. The van der Waals surface area contributed by atoms with Gasteiger partial charge in [0.15, 0.2) is 0 Å². The molecule has 1 heterocycles. The molecule has 1 aliphatic heterocycles. The molecule has 2 N–H and O–H groups in total. The Bertz CT molecular complexity index is 377. The molecule has 0 aromatic heterocycles. The van der Waals surface area contributed by atoms with Crippen LogP contribution in [0, 0.1) is 11.7 Å². The summed E-state index contributed by atoms with van der Waals surface area (Å²) in [4.78, 5) is 11.0. The monoisotopic (exact) mass is 223 g/mol. The Labute approximate surface area is 93.3 Å². The van der Waals surface area contributed by atoms with Crippen LogP contribution < -0.4 is 5.32 Å². The van der Waals surface area contributed by atoms with Crippen LogP contribution in [-0.2, 0) is 11.2 Å². The predicted octanol–water partition coefficient (Wildman–Crippen LogP) is 1.43. The molecule has 1 saturated heterocycles. The molecule has 0 radical (unpaired) electrons. The van der Waals surface area contributed by atoms with E-state index in [-0.39, 0.29) is 17.8 Å². The van der Waals surface area contributed by atoms with Crippen molar-refractivity contribution >= 4 is 5.97 Å². The standard InChI is InChI=1S/C12H14FNO2/c13-9-3-1-8(2-4-9)7-11-10(12(15)16)5-6-14-11/h1-4,10-11,14H,5-7H2,(H,15,16). The van der Waals surface area contributed by atoms with Crippen molar-refractivity contribution in [2.75, 3.05) is 6.54 Å². The number of carbonyl (C=O) groups is 1. The molecule has 16 heavy (non-hydrogen) atoms. The van der Waals surface area contributed by atoms with Crippen LogP contribution in [0.1, 0.15) is 12.0 Å². The Morgan fingerprint density at radius 3 is 2.75 bits per heavy atom. The minimum atomic E-state index is -0.753. The Morgan fingerprint density at radius 2 is 2.12 bits per heavy atom. The van der Waals surface area contributed by atoms with Gasteiger partial charge in [-0.15, -0.1) is 0 Å². The van der Waals surface area contributed by atoms with Gasteiger partial charge in [-0.3, -0.25) is 4.79 Å². The third-order valence-corrected chi connectivity index (χ3v) is 3.03. The summed E-state index contributed by atoms with van der Waals surface area (Å²) in [6.07, 6.45) is 1.30. The molecular formula is C12H14FNO2. The average Bonchev–Trinajstić information content (AvgIpc) is 2.69. The molecular weight excluding hydrogens is 209 g/mol. The first-order valence-electron chi connectivity index (χ1n) is 5.37. The van der Waals surface area contributed by atoms with Crippen LogP contribution in [0.25, 0.3) is 0 Å². The number of halogens is 1. The van der Waals surface area contributed by atoms with E-state index in [0.717, 1.165) is 12.1 Å². The van der Waals surface area contributed by atoms with Gasteiger partial charge in [0.05, 0.1) is 5.92 Å². The molecule has 1 fully saturated rings. The minimum Gasteiger partial charge on any atom is -0.481 e. The molecule has 2 atom stereocenters. The molecule has 1 aliphatic rings. The van der Waals surface area contributed by atoms with E-state index >= 15 is 0 Å². The summed E-state index contributed by atoms with van der Waals surface area (Å²) in [6.45, 7) is 0.739. The molecule has 4 heteroatoms. The van der Waals surface area contributed by atoms with Crippen LogP contribution in [0.3, 0.4) is 0 Å². The lowest BCUT2D eigenvalue weighted by atomic mass is 9.95. The van der Waals surface area contributed by atoms with Gasteiger partial charge in [0.25, 0.3) is 0 Å². The minimum absolute atomic E-state index is 0.0389. The summed E-state index contributed by atoms with van der Waals surface area (Å²) in [5, 5.41) is 12.2. The van der Waals surface area contributed by atoms with Gasteiger partial charge in [-0.1, -0.05) is 12.1 Å². The fraction of sp³-hybridized carbons (Fsp3) is 0.417. The largest absolute Gasteiger partial charge is 0.481 e. The number of carboxylic acids is 1. The van der Waals surface area contributed by atoms with Crippen molar-refractivity contribution in [2.24, 2.45) is 5.92 Å². The second-order valence-electron chi connectivity index (χ2n) is 4.12. The molecule has 86 valence electrons. The highest BCUT2D eigenvalue weighted by Gasteiger charge is 2.32. The number of rotatable bonds is 3. The van der Waals surface area contributed by atoms with Crippen LogP contribution in [0.4, 0.5) is 4.39 Å². The molecule has 0 spiro atoms. The van der Waals surface area contributed by atoms with Crippen molar-refractivity contribution in [3.05, 3.63) is 35.6 Å². The van der Waals surface area contributed by atoms with E-state index in [0.29, 0.717) is 12.8 Å². The lowest BCUT2D eigenvalue weighted by Crippen LogP contribution is -2.33. The first kappa shape index (κ1) is 11.1. The zero-order valence-corrected chi connectivity index (χ0v) is 8.82. The maximum absolute atomic E-state index is 12.7. The number of aliphatic carboxylic acids is 1. The molecule has 0 bridgehead atoms. The van der Waals surface area contributed by atoms with E-state index in [9.17, 15) is 9.18 Å². The fourth-order valence-electron chi connectivity index (χ4n) is 2.15. The predicted molar refractivity (Wildman–Crippen MR) is 57.6 cm³/mol. The molecule has 0 aliphatic carbocycles. The number of hydrogen-bond donors (Lipinski definition) is 2. The van der Waals surface area contributed by atoms with Crippen LogP contribution in [0.2, 0.25) is 0 Å². The van der Waals surface area contributed by atoms with Crippen molar-refractivity contribution in [1.82, 2.24) is 5.32 Å². The van der Waals surface area contributed by atoms with Crippen molar-refractivity contribution < 1.29 is 14.3 Å². The van der Waals surface area contributed by atoms with E-state index < -0.39 is 5.97 Å². The number of benzene rings is 1. The van der Waals surface area contributed by atoms with Gasteiger partial charge < -0.3 is 10.4 Å². The fourth-order valence-corrected chi connectivity index (χ4v) is 2.15. The Kier molecular flexibility index (Phi) is 3.19. The van der Waals surface area contributed by atoms with Crippen molar-refractivity contribution in [2.45, 2.75) is 18.9 Å². The summed E-state index contributed by atoms with van der Waals surface area (Å²) in [7, 11) is 0. The number of nitrogens with one attached hydrogen (secondary N) is 1. The summed E-state index contributed by atoms with van der Waals surface area (Å²) in [6, 6.07) is 6.17. The second-order valence-corrected chi connectivity index (χ2v) is 4.12. The molecule has 3 nitrogen and oxygen atoms in total. The highest BCUT2D eigenvalue weighted by atomic mass is 19.1. The molecule has 0 amide bonds. The molecule has 0 saturated carbocycles. The van der Waals surface area contributed by atoms with Gasteiger partial charge in [0.1, 0.15) is 5.82 Å². The topological polar surface area (TPSA) is 49.3 Å². The van der Waals surface area contributed by atoms with Crippen LogP contribution in [0.15, 0.2) is 24.3 Å². The van der Waals surface area contributed by atoms with E-state index in [2.05, 4.69) is 5.32 Å². The Balaban J connectivity index is 2.03. The summed E-state index contributed by atoms with van der Waals surface area (Å²) < 4.78 is 12.7. The van der Waals surface area contributed by atoms with Gasteiger partial charge in [-0.05, 0) is 37.1 Å². The van der Waals surface area contributed by atoms with Crippen molar-refractivity contribution in [3.8, 4) is 0 Å². The SMILES string of the molecule is O=C(O)C1CCNC1Cc1ccc(F)cc1. The van der Waals surface area contributed by atoms with E-state index in [1.165, 1.54) is 12.1 Å². The van der Waals surface area contributed by atoms with Crippen molar-refractivity contribution in [3.63, 3.8) is 0 Å². The van der Waals surface area contributed by atoms with E-state index in [1.807, 2.05) is 0 Å². The van der Waals surface area contributed by atoms with Gasteiger partial charge in [-0.25, -0.2) is 4.39 Å². The smallest absolute Gasteiger partial charge is 0.308 e. The highest BCUT2D eigenvalue weighted by molar-refractivity contribution is 5.71. The first-order chi connectivity index (χ1) is 7.66. The third-order valence-electron chi connectivity index (χ3n) is 3.03. The third kappa shape index (κ3) is 2.39. The Hall–Kier alpha value is -1.42. The van der Waals surface area contributed by atoms with Gasteiger partial charge >= 0.3 is 5.97 Å². The van der Waals surface area contributed by atoms with E-state index in [4.69, 9.17) is 5.11 Å².